The predicted octanol–water partition coefficient (Wildman–Crippen LogP) is 4.21. The van der Waals surface area contributed by atoms with E-state index in [2.05, 4.69) is 50.9 Å². The van der Waals surface area contributed by atoms with Crippen molar-refractivity contribution in [2.75, 3.05) is 0 Å². The first-order valence-corrected chi connectivity index (χ1v) is 6.47. The summed E-state index contributed by atoms with van der Waals surface area (Å²) in [6.07, 6.45) is 2.43. The van der Waals surface area contributed by atoms with E-state index in [1.165, 1.54) is 29.5 Å². The number of aryl methyl sites for hydroxylation is 2. The Labute approximate surface area is 106 Å². The molecule has 0 saturated carbocycles. The number of nitrogens with one attached hydrogen (secondary N) is 1. The summed E-state index contributed by atoms with van der Waals surface area (Å²) in [5, 5.41) is 3.31. The van der Waals surface area contributed by atoms with Crippen LogP contribution in [-0.2, 0) is 13.0 Å². The van der Waals surface area contributed by atoms with Gasteiger partial charge in [-0.15, -0.1) is 0 Å². The van der Waals surface area contributed by atoms with Gasteiger partial charge in [0.2, 0.25) is 0 Å². The SMILES string of the molecule is C=C(C)NCc1ccc(C)cc1CCC(C)C. The van der Waals surface area contributed by atoms with Crippen LogP contribution in [0.1, 0.15) is 43.9 Å². The molecule has 1 N–H and O–H groups in total. The van der Waals surface area contributed by atoms with Gasteiger partial charge in [-0.3, -0.25) is 0 Å². The van der Waals surface area contributed by atoms with Gasteiger partial charge in [-0.2, -0.15) is 0 Å². The largest absolute Gasteiger partial charge is 0.385 e. The fourth-order valence-electron chi connectivity index (χ4n) is 1.85. The summed E-state index contributed by atoms with van der Waals surface area (Å²) in [6.45, 7) is 13.5. The molecule has 0 heterocycles. The smallest absolute Gasteiger partial charge is 0.0400 e. The summed E-state index contributed by atoms with van der Waals surface area (Å²) in [5.41, 5.74) is 5.26. The average molecular weight is 231 g/mol. The molecule has 0 amide bonds. The van der Waals surface area contributed by atoms with Crippen LogP contribution in [0.25, 0.3) is 0 Å². The third-order valence-electron chi connectivity index (χ3n) is 2.93. The van der Waals surface area contributed by atoms with E-state index in [4.69, 9.17) is 0 Å². The van der Waals surface area contributed by atoms with Gasteiger partial charge in [-0.05, 0) is 43.7 Å². The molecule has 1 nitrogen and oxygen atoms in total. The summed E-state index contributed by atoms with van der Waals surface area (Å²) in [4.78, 5) is 0. The quantitative estimate of drug-likeness (QED) is 0.773. The van der Waals surface area contributed by atoms with Gasteiger partial charge in [0, 0.05) is 12.2 Å². The molecule has 94 valence electrons. The lowest BCUT2D eigenvalue weighted by atomic mass is 9.97. The Bertz CT molecular complexity index is 377. The van der Waals surface area contributed by atoms with Crippen LogP contribution >= 0.6 is 0 Å². The van der Waals surface area contributed by atoms with Crippen molar-refractivity contribution in [3.05, 3.63) is 47.2 Å². The number of allylic oxidation sites excluding steroid dienone is 1. The van der Waals surface area contributed by atoms with Crippen LogP contribution in [-0.4, -0.2) is 0 Å². The monoisotopic (exact) mass is 231 g/mol. The van der Waals surface area contributed by atoms with Crippen molar-refractivity contribution in [2.24, 2.45) is 5.92 Å². The maximum absolute atomic E-state index is 3.88. The molecule has 0 bridgehead atoms. The maximum Gasteiger partial charge on any atom is 0.0400 e. The lowest BCUT2D eigenvalue weighted by Gasteiger charge is -2.13. The Balaban J connectivity index is 2.76. The molecule has 17 heavy (non-hydrogen) atoms. The molecule has 0 atom stereocenters. The topological polar surface area (TPSA) is 12.0 Å². The van der Waals surface area contributed by atoms with E-state index in [9.17, 15) is 0 Å². The molecule has 0 aliphatic heterocycles. The first-order valence-electron chi connectivity index (χ1n) is 6.47. The highest BCUT2D eigenvalue weighted by Crippen LogP contribution is 2.16. The molecule has 0 fully saturated rings. The Morgan fingerprint density at radius 1 is 1.29 bits per heavy atom. The highest BCUT2D eigenvalue weighted by Gasteiger charge is 2.04. The number of hydrogen-bond acceptors (Lipinski definition) is 1. The third-order valence-corrected chi connectivity index (χ3v) is 2.93. The van der Waals surface area contributed by atoms with Gasteiger partial charge in [0.15, 0.2) is 0 Å². The van der Waals surface area contributed by atoms with E-state index < -0.39 is 0 Å². The Hall–Kier alpha value is -1.24. The summed E-state index contributed by atoms with van der Waals surface area (Å²) in [5.74, 6) is 0.762. The lowest BCUT2D eigenvalue weighted by molar-refractivity contribution is 0.584. The van der Waals surface area contributed by atoms with Crippen LogP contribution in [0.5, 0.6) is 0 Å². The van der Waals surface area contributed by atoms with Crippen LogP contribution < -0.4 is 5.32 Å². The van der Waals surface area contributed by atoms with Gasteiger partial charge < -0.3 is 5.32 Å². The minimum absolute atomic E-state index is 0.762. The summed E-state index contributed by atoms with van der Waals surface area (Å²) < 4.78 is 0. The zero-order valence-corrected chi connectivity index (χ0v) is 11.6. The van der Waals surface area contributed by atoms with E-state index in [1.807, 2.05) is 6.92 Å². The van der Waals surface area contributed by atoms with E-state index in [0.29, 0.717) is 0 Å². The van der Waals surface area contributed by atoms with Crippen LogP contribution in [0.2, 0.25) is 0 Å². The Morgan fingerprint density at radius 2 is 2.00 bits per heavy atom. The third kappa shape index (κ3) is 5.08. The van der Waals surface area contributed by atoms with Crippen LogP contribution in [0, 0.1) is 12.8 Å². The lowest BCUT2D eigenvalue weighted by Crippen LogP contribution is -2.11. The van der Waals surface area contributed by atoms with Gasteiger partial charge in [0.05, 0.1) is 0 Å². The van der Waals surface area contributed by atoms with Gasteiger partial charge in [0.1, 0.15) is 0 Å². The predicted molar refractivity (Wildman–Crippen MR) is 76.0 cm³/mol. The first-order chi connectivity index (χ1) is 7.99. The van der Waals surface area contributed by atoms with Crippen molar-refractivity contribution in [3.8, 4) is 0 Å². The summed E-state index contributed by atoms with van der Waals surface area (Å²) in [6, 6.07) is 6.74. The van der Waals surface area contributed by atoms with E-state index in [-0.39, 0.29) is 0 Å². The second-order valence-electron chi connectivity index (χ2n) is 5.34. The van der Waals surface area contributed by atoms with Crippen molar-refractivity contribution in [1.82, 2.24) is 5.32 Å². The standard InChI is InChI=1S/C16H25N/c1-12(2)6-8-15-10-14(5)7-9-16(15)11-17-13(3)4/h7,9-10,12,17H,3,6,8,11H2,1-2,4-5H3. The zero-order valence-electron chi connectivity index (χ0n) is 11.6. The summed E-state index contributed by atoms with van der Waals surface area (Å²) in [7, 11) is 0. The van der Waals surface area contributed by atoms with Crippen LogP contribution in [0.3, 0.4) is 0 Å². The average Bonchev–Trinajstić information content (AvgIpc) is 2.24. The molecule has 1 aromatic rings. The highest BCUT2D eigenvalue weighted by atomic mass is 14.9. The number of benzene rings is 1. The Morgan fingerprint density at radius 3 is 2.59 bits per heavy atom. The van der Waals surface area contributed by atoms with Gasteiger partial charge in [0.25, 0.3) is 0 Å². The Kier molecular flexibility index (Phi) is 5.27. The zero-order chi connectivity index (χ0) is 12.8. The first kappa shape index (κ1) is 13.8. The minimum Gasteiger partial charge on any atom is -0.385 e. The molecule has 0 unspecified atom stereocenters. The van der Waals surface area contributed by atoms with E-state index in [0.717, 1.165) is 18.2 Å². The van der Waals surface area contributed by atoms with Gasteiger partial charge >= 0.3 is 0 Å². The minimum atomic E-state index is 0.762. The van der Waals surface area contributed by atoms with E-state index in [1.54, 1.807) is 0 Å². The molecule has 0 aliphatic carbocycles. The fourth-order valence-corrected chi connectivity index (χ4v) is 1.85. The molecule has 0 saturated heterocycles. The molecule has 1 aromatic carbocycles. The molecule has 1 rings (SSSR count). The van der Waals surface area contributed by atoms with Crippen molar-refractivity contribution in [1.29, 1.82) is 0 Å². The molecule has 0 spiro atoms. The number of rotatable bonds is 6. The normalized spacial score (nSPS) is 10.6. The molecule has 1 heteroatoms. The van der Waals surface area contributed by atoms with Gasteiger partial charge in [-0.25, -0.2) is 0 Å². The van der Waals surface area contributed by atoms with Crippen molar-refractivity contribution in [3.63, 3.8) is 0 Å². The van der Waals surface area contributed by atoms with Crippen LogP contribution in [0.15, 0.2) is 30.5 Å². The molecule has 0 aliphatic rings. The van der Waals surface area contributed by atoms with Crippen molar-refractivity contribution >= 4 is 0 Å². The molecular weight excluding hydrogens is 206 g/mol. The van der Waals surface area contributed by atoms with E-state index >= 15 is 0 Å². The second kappa shape index (κ2) is 6.48. The fraction of sp³-hybridized carbons (Fsp3) is 0.500. The molecule has 0 aromatic heterocycles. The van der Waals surface area contributed by atoms with Crippen molar-refractivity contribution < 1.29 is 0 Å². The maximum atomic E-state index is 3.88. The van der Waals surface area contributed by atoms with Crippen molar-refractivity contribution in [2.45, 2.75) is 47.1 Å². The summed E-state index contributed by atoms with van der Waals surface area (Å²) >= 11 is 0. The molecular formula is C16H25N. The highest BCUT2D eigenvalue weighted by molar-refractivity contribution is 5.32. The second-order valence-corrected chi connectivity index (χ2v) is 5.34. The number of hydrogen-bond donors (Lipinski definition) is 1. The van der Waals surface area contributed by atoms with Crippen LogP contribution in [0.4, 0.5) is 0 Å². The van der Waals surface area contributed by atoms with Gasteiger partial charge in [-0.1, -0.05) is 44.2 Å². The molecule has 0 radical (unpaired) electrons.